The number of anilines is 1. The van der Waals surface area contributed by atoms with Crippen molar-refractivity contribution in [2.24, 2.45) is 0 Å². The van der Waals surface area contributed by atoms with Gasteiger partial charge in [0.1, 0.15) is 5.82 Å². The third-order valence-electron chi connectivity index (χ3n) is 4.34. The molecule has 1 aliphatic heterocycles. The second-order valence-corrected chi connectivity index (χ2v) is 7.86. The molecule has 134 valence electrons. The summed E-state index contributed by atoms with van der Waals surface area (Å²) in [7, 11) is 0. The summed E-state index contributed by atoms with van der Waals surface area (Å²) in [6.07, 6.45) is 0. The van der Waals surface area contributed by atoms with E-state index in [9.17, 15) is 9.18 Å². The fourth-order valence-corrected chi connectivity index (χ4v) is 4.37. The molecule has 4 nitrogen and oxygen atoms in total. The minimum atomic E-state index is -0.262. The van der Waals surface area contributed by atoms with Gasteiger partial charge in [-0.25, -0.2) is 9.37 Å². The first-order valence-corrected chi connectivity index (χ1v) is 9.64. The first-order chi connectivity index (χ1) is 12.5. The number of rotatable bonds is 2. The molecular formula is C18H14Cl2FN3OS. The lowest BCUT2D eigenvalue weighted by Crippen LogP contribution is -2.48. The van der Waals surface area contributed by atoms with Gasteiger partial charge in [-0.05, 0) is 36.4 Å². The Balaban J connectivity index is 1.48. The molecule has 0 atom stereocenters. The van der Waals surface area contributed by atoms with Crippen LogP contribution in [0, 0.1) is 5.82 Å². The summed E-state index contributed by atoms with van der Waals surface area (Å²) in [5, 5.41) is 1.73. The van der Waals surface area contributed by atoms with Gasteiger partial charge in [-0.1, -0.05) is 34.5 Å². The number of aromatic nitrogens is 1. The number of piperazine rings is 1. The van der Waals surface area contributed by atoms with E-state index in [0.29, 0.717) is 41.8 Å². The van der Waals surface area contributed by atoms with E-state index >= 15 is 0 Å². The van der Waals surface area contributed by atoms with Gasteiger partial charge in [0.05, 0.1) is 20.8 Å². The Morgan fingerprint density at radius 2 is 1.85 bits per heavy atom. The maximum Gasteiger partial charge on any atom is 0.255 e. The number of hydrogen-bond donors (Lipinski definition) is 0. The maximum absolute atomic E-state index is 13.4. The predicted molar refractivity (Wildman–Crippen MR) is 104 cm³/mol. The Kier molecular flexibility index (Phi) is 4.73. The van der Waals surface area contributed by atoms with Gasteiger partial charge in [0.15, 0.2) is 5.13 Å². The Morgan fingerprint density at radius 1 is 1.08 bits per heavy atom. The van der Waals surface area contributed by atoms with Crippen LogP contribution in [-0.2, 0) is 0 Å². The molecule has 1 aromatic heterocycles. The second kappa shape index (κ2) is 7.02. The highest BCUT2D eigenvalue weighted by molar-refractivity contribution is 7.22. The van der Waals surface area contributed by atoms with Crippen molar-refractivity contribution in [2.75, 3.05) is 31.1 Å². The Labute approximate surface area is 163 Å². The van der Waals surface area contributed by atoms with Gasteiger partial charge < -0.3 is 9.80 Å². The van der Waals surface area contributed by atoms with Crippen LogP contribution in [0.15, 0.2) is 36.4 Å². The molecule has 0 radical (unpaired) electrons. The zero-order valence-electron chi connectivity index (χ0n) is 13.6. The van der Waals surface area contributed by atoms with Crippen molar-refractivity contribution < 1.29 is 9.18 Å². The topological polar surface area (TPSA) is 36.4 Å². The molecular weight excluding hydrogens is 396 g/mol. The summed E-state index contributed by atoms with van der Waals surface area (Å²) >= 11 is 13.6. The van der Waals surface area contributed by atoms with Gasteiger partial charge >= 0.3 is 0 Å². The summed E-state index contributed by atoms with van der Waals surface area (Å²) in [5.41, 5.74) is 1.21. The van der Waals surface area contributed by atoms with Crippen LogP contribution >= 0.6 is 34.5 Å². The number of nitrogens with zero attached hydrogens (tertiary/aromatic N) is 3. The Morgan fingerprint density at radius 3 is 2.62 bits per heavy atom. The molecule has 1 amide bonds. The van der Waals surface area contributed by atoms with Gasteiger partial charge in [0.2, 0.25) is 0 Å². The first kappa shape index (κ1) is 17.5. The van der Waals surface area contributed by atoms with Crippen LogP contribution in [0.5, 0.6) is 0 Å². The van der Waals surface area contributed by atoms with E-state index in [1.165, 1.54) is 23.5 Å². The fraction of sp³-hybridized carbons (Fsp3) is 0.222. The van der Waals surface area contributed by atoms with E-state index in [4.69, 9.17) is 23.2 Å². The molecule has 0 aliphatic carbocycles. The normalized spacial score (nSPS) is 14.9. The van der Waals surface area contributed by atoms with Gasteiger partial charge in [-0.3, -0.25) is 4.79 Å². The molecule has 0 N–H and O–H groups in total. The summed E-state index contributed by atoms with van der Waals surface area (Å²) in [6, 6.07) is 9.49. The fourth-order valence-electron chi connectivity index (χ4n) is 2.95. The molecule has 1 fully saturated rings. The van der Waals surface area contributed by atoms with E-state index in [-0.39, 0.29) is 11.7 Å². The average molecular weight is 410 g/mol. The predicted octanol–water partition coefficient (Wildman–Crippen LogP) is 4.70. The largest absolute Gasteiger partial charge is 0.345 e. The number of amides is 1. The quantitative estimate of drug-likeness (QED) is 0.614. The lowest BCUT2D eigenvalue weighted by atomic mass is 10.2. The van der Waals surface area contributed by atoms with E-state index in [0.717, 1.165) is 15.3 Å². The average Bonchev–Trinajstić information content (AvgIpc) is 3.06. The summed E-state index contributed by atoms with van der Waals surface area (Å²) in [6.45, 7) is 2.44. The molecule has 0 saturated carbocycles. The standard InChI is InChI=1S/C18H14Cl2FN3OS/c19-11-1-3-14(20)13(9-11)17(25)23-5-7-24(8-6-23)18-22-15-4-2-12(21)10-16(15)26-18/h1-4,9-10H,5-8H2. The minimum Gasteiger partial charge on any atom is -0.345 e. The number of fused-ring (bicyclic) bond motifs is 1. The SMILES string of the molecule is O=C(c1cc(Cl)ccc1Cl)N1CCN(c2nc3ccc(F)cc3s2)CC1. The molecule has 2 heterocycles. The zero-order chi connectivity index (χ0) is 18.3. The van der Waals surface area contributed by atoms with Gasteiger partial charge in [-0.15, -0.1) is 0 Å². The molecule has 1 aliphatic rings. The summed E-state index contributed by atoms with van der Waals surface area (Å²) in [4.78, 5) is 21.2. The monoisotopic (exact) mass is 409 g/mol. The molecule has 26 heavy (non-hydrogen) atoms. The van der Waals surface area contributed by atoms with Crippen LogP contribution in [0.25, 0.3) is 10.2 Å². The van der Waals surface area contributed by atoms with Gasteiger partial charge in [0.25, 0.3) is 5.91 Å². The highest BCUT2D eigenvalue weighted by Crippen LogP contribution is 2.30. The van der Waals surface area contributed by atoms with Crippen molar-refractivity contribution >= 4 is 55.8 Å². The number of halogens is 3. The number of benzene rings is 2. The highest BCUT2D eigenvalue weighted by atomic mass is 35.5. The van der Waals surface area contributed by atoms with Crippen molar-refractivity contribution in [1.29, 1.82) is 0 Å². The van der Waals surface area contributed by atoms with Crippen molar-refractivity contribution in [2.45, 2.75) is 0 Å². The van der Waals surface area contributed by atoms with Gasteiger partial charge in [-0.2, -0.15) is 0 Å². The van der Waals surface area contributed by atoms with Crippen LogP contribution in [0.3, 0.4) is 0 Å². The number of thiazole rings is 1. The highest BCUT2D eigenvalue weighted by Gasteiger charge is 2.25. The van der Waals surface area contributed by atoms with Crippen LogP contribution in [0.2, 0.25) is 10.0 Å². The van der Waals surface area contributed by atoms with Crippen molar-refractivity contribution in [1.82, 2.24) is 9.88 Å². The molecule has 4 rings (SSSR count). The number of carbonyl (C=O) groups is 1. The molecule has 0 unspecified atom stereocenters. The number of carbonyl (C=O) groups excluding carboxylic acids is 1. The molecule has 0 spiro atoms. The van der Waals surface area contributed by atoms with Crippen LogP contribution in [-0.4, -0.2) is 42.0 Å². The third kappa shape index (κ3) is 3.37. The van der Waals surface area contributed by atoms with Crippen molar-refractivity contribution in [3.8, 4) is 0 Å². The van der Waals surface area contributed by atoms with E-state index in [2.05, 4.69) is 9.88 Å². The second-order valence-electron chi connectivity index (χ2n) is 6.01. The first-order valence-electron chi connectivity index (χ1n) is 8.06. The Hall–Kier alpha value is -1.89. The van der Waals surface area contributed by atoms with Crippen molar-refractivity contribution in [3.63, 3.8) is 0 Å². The van der Waals surface area contributed by atoms with E-state index in [1.807, 2.05) is 0 Å². The summed E-state index contributed by atoms with van der Waals surface area (Å²) in [5.74, 6) is -0.384. The van der Waals surface area contributed by atoms with E-state index in [1.54, 1.807) is 29.2 Å². The minimum absolute atomic E-state index is 0.122. The molecule has 1 saturated heterocycles. The van der Waals surface area contributed by atoms with Crippen molar-refractivity contribution in [3.05, 3.63) is 57.8 Å². The van der Waals surface area contributed by atoms with Crippen LogP contribution in [0.4, 0.5) is 9.52 Å². The van der Waals surface area contributed by atoms with Gasteiger partial charge in [0, 0.05) is 31.2 Å². The Bertz CT molecular complexity index is 986. The van der Waals surface area contributed by atoms with E-state index < -0.39 is 0 Å². The molecule has 0 bridgehead atoms. The molecule has 3 aromatic rings. The van der Waals surface area contributed by atoms with Crippen LogP contribution in [0.1, 0.15) is 10.4 Å². The lowest BCUT2D eigenvalue weighted by Gasteiger charge is -2.34. The summed E-state index contributed by atoms with van der Waals surface area (Å²) < 4.78 is 14.2. The maximum atomic E-state index is 13.4. The number of hydrogen-bond acceptors (Lipinski definition) is 4. The smallest absolute Gasteiger partial charge is 0.255 e. The zero-order valence-corrected chi connectivity index (χ0v) is 15.9. The third-order valence-corrected chi connectivity index (χ3v) is 5.98. The molecule has 2 aromatic carbocycles. The van der Waals surface area contributed by atoms with Crippen LogP contribution < -0.4 is 4.90 Å². The molecule has 8 heteroatoms. The lowest BCUT2D eigenvalue weighted by molar-refractivity contribution is 0.0747.